The summed E-state index contributed by atoms with van der Waals surface area (Å²) in [5, 5.41) is 0. The number of aromatic nitrogens is 1. The molecule has 0 bridgehead atoms. The molecule has 0 unspecified atom stereocenters. The average molecular weight is 347 g/mol. The second kappa shape index (κ2) is 7.04. The number of rotatable bonds is 4. The largest absolute Gasteiger partial charge is 0.339 e. The second-order valence-corrected chi connectivity index (χ2v) is 7.26. The zero-order chi connectivity index (χ0) is 18.1. The van der Waals surface area contributed by atoms with Crippen LogP contribution in [-0.4, -0.2) is 46.9 Å². The number of amides is 1. The van der Waals surface area contributed by atoms with Crippen molar-refractivity contribution in [2.45, 2.75) is 20.4 Å². The van der Waals surface area contributed by atoms with E-state index in [9.17, 15) is 4.79 Å². The molecule has 4 rings (SSSR count). The van der Waals surface area contributed by atoms with Gasteiger partial charge in [-0.3, -0.25) is 14.7 Å². The minimum Gasteiger partial charge on any atom is -0.339 e. The predicted molar refractivity (Wildman–Crippen MR) is 103 cm³/mol. The summed E-state index contributed by atoms with van der Waals surface area (Å²) in [6, 6.07) is 14.4. The lowest BCUT2D eigenvalue weighted by Gasteiger charge is -2.35. The molecule has 4 nitrogen and oxygen atoms in total. The standard InChI is InChI=1S/C22H25N3O/c1-16-7-6-10-23-19(16)15-24-11-13-25(14-12-24)22(26)21-17(2)20(21)18-8-4-3-5-9-18/h3-10,21H,11-15H2,1-2H3/t21-/m1/s1. The third kappa shape index (κ3) is 3.29. The summed E-state index contributed by atoms with van der Waals surface area (Å²) in [5.74, 6) is 0.275. The van der Waals surface area contributed by atoms with Crippen LogP contribution < -0.4 is 0 Å². The highest BCUT2D eigenvalue weighted by molar-refractivity contribution is 6.05. The van der Waals surface area contributed by atoms with Gasteiger partial charge in [-0.25, -0.2) is 0 Å². The van der Waals surface area contributed by atoms with Crippen LogP contribution in [-0.2, 0) is 11.3 Å². The van der Waals surface area contributed by atoms with Crippen molar-refractivity contribution in [1.82, 2.24) is 14.8 Å². The van der Waals surface area contributed by atoms with E-state index in [0.717, 1.165) is 38.4 Å². The summed E-state index contributed by atoms with van der Waals surface area (Å²) in [7, 11) is 0. The van der Waals surface area contributed by atoms with Crippen molar-refractivity contribution in [3.63, 3.8) is 0 Å². The molecule has 1 amide bonds. The molecule has 26 heavy (non-hydrogen) atoms. The van der Waals surface area contributed by atoms with Crippen molar-refractivity contribution in [3.8, 4) is 0 Å². The quantitative estimate of drug-likeness (QED) is 0.852. The van der Waals surface area contributed by atoms with Crippen molar-refractivity contribution in [2.75, 3.05) is 26.2 Å². The molecule has 0 spiro atoms. The number of hydrogen-bond donors (Lipinski definition) is 0. The summed E-state index contributed by atoms with van der Waals surface area (Å²) in [4.78, 5) is 21.8. The van der Waals surface area contributed by atoms with E-state index in [1.54, 1.807) is 0 Å². The summed E-state index contributed by atoms with van der Waals surface area (Å²) in [6.45, 7) is 8.49. The molecule has 0 N–H and O–H groups in total. The number of benzene rings is 1. The van der Waals surface area contributed by atoms with Crippen LogP contribution in [0.15, 0.2) is 54.2 Å². The van der Waals surface area contributed by atoms with Gasteiger partial charge in [0, 0.05) is 38.9 Å². The van der Waals surface area contributed by atoms with E-state index >= 15 is 0 Å². The Hall–Kier alpha value is -2.46. The Morgan fingerprint density at radius 3 is 2.46 bits per heavy atom. The molecule has 2 aromatic rings. The van der Waals surface area contributed by atoms with E-state index in [1.165, 1.54) is 22.3 Å². The van der Waals surface area contributed by atoms with Gasteiger partial charge in [0.15, 0.2) is 0 Å². The molecular weight excluding hydrogens is 322 g/mol. The lowest BCUT2D eigenvalue weighted by molar-refractivity contribution is -0.133. The normalized spacial score (nSPS) is 20.4. The third-order valence-electron chi connectivity index (χ3n) is 5.57. The van der Waals surface area contributed by atoms with E-state index in [2.05, 4.69) is 41.9 Å². The number of hydrogen-bond acceptors (Lipinski definition) is 3. The van der Waals surface area contributed by atoms with Crippen LogP contribution in [0.1, 0.15) is 23.7 Å². The van der Waals surface area contributed by atoms with Gasteiger partial charge in [0.2, 0.25) is 5.91 Å². The molecule has 2 aliphatic rings. The van der Waals surface area contributed by atoms with E-state index in [4.69, 9.17) is 0 Å². The Kier molecular flexibility index (Phi) is 4.60. The number of carbonyl (C=O) groups excluding carboxylic acids is 1. The Bertz CT molecular complexity index is 835. The van der Waals surface area contributed by atoms with Crippen LogP contribution in [0.5, 0.6) is 0 Å². The summed E-state index contributed by atoms with van der Waals surface area (Å²) >= 11 is 0. The van der Waals surface area contributed by atoms with Crippen molar-refractivity contribution in [3.05, 3.63) is 71.1 Å². The molecule has 1 atom stereocenters. The van der Waals surface area contributed by atoms with Crippen LogP contribution in [0.4, 0.5) is 0 Å². The highest BCUT2D eigenvalue weighted by Crippen LogP contribution is 2.47. The highest BCUT2D eigenvalue weighted by atomic mass is 16.2. The second-order valence-electron chi connectivity index (χ2n) is 7.26. The Labute approximate surface area is 155 Å². The van der Waals surface area contributed by atoms with Crippen molar-refractivity contribution in [1.29, 1.82) is 0 Å². The number of carbonyl (C=O) groups is 1. The molecule has 4 heteroatoms. The van der Waals surface area contributed by atoms with E-state index in [-0.39, 0.29) is 11.8 Å². The monoisotopic (exact) mass is 347 g/mol. The van der Waals surface area contributed by atoms with Crippen LogP contribution in [0, 0.1) is 12.8 Å². The minimum atomic E-state index is 0.00184. The summed E-state index contributed by atoms with van der Waals surface area (Å²) in [6.07, 6.45) is 1.86. The number of piperazine rings is 1. The molecule has 1 saturated heterocycles. The first-order chi connectivity index (χ1) is 12.6. The molecule has 2 heterocycles. The van der Waals surface area contributed by atoms with Gasteiger partial charge in [0.25, 0.3) is 0 Å². The highest BCUT2D eigenvalue weighted by Gasteiger charge is 2.42. The average Bonchev–Trinajstić information content (AvgIpc) is 3.35. The summed E-state index contributed by atoms with van der Waals surface area (Å²) in [5.41, 5.74) is 6.01. The maximum atomic E-state index is 12.9. The van der Waals surface area contributed by atoms with E-state index in [0.29, 0.717) is 0 Å². The Morgan fingerprint density at radius 2 is 1.77 bits per heavy atom. The van der Waals surface area contributed by atoms with Crippen molar-refractivity contribution >= 4 is 11.5 Å². The van der Waals surface area contributed by atoms with E-state index < -0.39 is 0 Å². The molecule has 0 radical (unpaired) electrons. The SMILES string of the molecule is CC1=C(c2ccccc2)[C@@H]1C(=O)N1CCN(Cc2ncccc2C)CC1. The van der Waals surface area contributed by atoms with Crippen LogP contribution in [0.2, 0.25) is 0 Å². The maximum absolute atomic E-state index is 12.9. The zero-order valence-electron chi connectivity index (χ0n) is 15.5. The Balaban J connectivity index is 1.33. The Morgan fingerprint density at radius 1 is 1.04 bits per heavy atom. The summed E-state index contributed by atoms with van der Waals surface area (Å²) < 4.78 is 0. The van der Waals surface area contributed by atoms with Gasteiger partial charge in [0.1, 0.15) is 0 Å². The molecule has 1 aliphatic carbocycles. The maximum Gasteiger partial charge on any atom is 0.234 e. The molecule has 0 saturated carbocycles. The number of aryl methyl sites for hydroxylation is 1. The van der Waals surface area contributed by atoms with Gasteiger partial charge in [0.05, 0.1) is 11.6 Å². The van der Waals surface area contributed by atoms with Crippen molar-refractivity contribution in [2.24, 2.45) is 5.92 Å². The fourth-order valence-corrected chi connectivity index (χ4v) is 3.86. The zero-order valence-corrected chi connectivity index (χ0v) is 15.5. The molecule has 1 fully saturated rings. The lowest BCUT2D eigenvalue weighted by atomic mass is 10.1. The van der Waals surface area contributed by atoms with Crippen LogP contribution in [0.25, 0.3) is 5.57 Å². The number of pyridine rings is 1. The van der Waals surface area contributed by atoms with Gasteiger partial charge in [-0.2, -0.15) is 0 Å². The first-order valence-corrected chi connectivity index (χ1v) is 9.33. The molecule has 1 aliphatic heterocycles. The predicted octanol–water partition coefficient (Wildman–Crippen LogP) is 3.14. The van der Waals surface area contributed by atoms with E-state index in [1.807, 2.05) is 35.4 Å². The van der Waals surface area contributed by atoms with Gasteiger partial charge in [-0.05, 0) is 36.6 Å². The fraction of sp³-hybridized carbons (Fsp3) is 0.364. The number of nitrogens with zero attached hydrogens (tertiary/aromatic N) is 3. The van der Waals surface area contributed by atoms with Crippen molar-refractivity contribution < 1.29 is 4.79 Å². The molecule has 1 aromatic carbocycles. The van der Waals surface area contributed by atoms with Gasteiger partial charge in [-0.15, -0.1) is 0 Å². The lowest BCUT2D eigenvalue weighted by Crippen LogP contribution is -2.49. The third-order valence-corrected chi connectivity index (χ3v) is 5.57. The first kappa shape index (κ1) is 17.0. The van der Waals surface area contributed by atoms with Crippen LogP contribution >= 0.6 is 0 Å². The van der Waals surface area contributed by atoms with Crippen LogP contribution in [0.3, 0.4) is 0 Å². The smallest absolute Gasteiger partial charge is 0.234 e. The molecular formula is C22H25N3O. The molecule has 1 aromatic heterocycles. The minimum absolute atomic E-state index is 0.00184. The van der Waals surface area contributed by atoms with Gasteiger partial charge in [-0.1, -0.05) is 42.0 Å². The topological polar surface area (TPSA) is 36.4 Å². The first-order valence-electron chi connectivity index (χ1n) is 9.33. The van der Waals surface area contributed by atoms with Gasteiger partial charge < -0.3 is 4.90 Å². The fourth-order valence-electron chi connectivity index (χ4n) is 3.86. The van der Waals surface area contributed by atoms with Gasteiger partial charge >= 0.3 is 0 Å². The molecule has 134 valence electrons.